The van der Waals surface area contributed by atoms with Crippen LogP contribution < -0.4 is 15.4 Å². The molecule has 0 unspecified atom stereocenters. The highest BCUT2D eigenvalue weighted by molar-refractivity contribution is 7.18. The fourth-order valence-electron chi connectivity index (χ4n) is 3.45. The van der Waals surface area contributed by atoms with Crippen LogP contribution in [-0.4, -0.2) is 70.1 Å². The molecule has 4 rings (SSSR count). The Morgan fingerprint density at radius 1 is 1.24 bits per heavy atom. The number of carbonyl (C=O) groups excluding carboxylic acids is 1. The number of anilines is 2. The van der Waals surface area contributed by atoms with E-state index in [4.69, 9.17) is 15.2 Å². The molecule has 2 atom stereocenters. The van der Waals surface area contributed by atoms with Crippen LogP contribution in [0.5, 0.6) is 11.8 Å². The van der Waals surface area contributed by atoms with Crippen molar-refractivity contribution in [3.8, 4) is 22.5 Å². The number of amides is 1. The number of benzene rings is 1. The lowest BCUT2D eigenvalue weighted by atomic mass is 10.2. The summed E-state index contributed by atoms with van der Waals surface area (Å²) in [6, 6.07) is 3.90. The van der Waals surface area contributed by atoms with Gasteiger partial charge in [0.1, 0.15) is 0 Å². The van der Waals surface area contributed by atoms with E-state index in [0.29, 0.717) is 34.9 Å². The molecule has 1 aliphatic rings. The third-order valence-corrected chi connectivity index (χ3v) is 5.66. The third kappa shape index (κ3) is 5.17. The molecule has 1 fully saturated rings. The monoisotopic (exact) mass is 473 g/mol. The SMILES string of the molecule is C[C@H]1CN(c2nc(Oc3ccc(C(=O)N(C)C)cc3F)nc(-c3cnc(N)s3)n2)C[C@H](C)O1. The minimum atomic E-state index is -0.707. The van der Waals surface area contributed by atoms with Gasteiger partial charge < -0.3 is 25.0 Å². The van der Waals surface area contributed by atoms with E-state index in [-0.39, 0.29) is 35.4 Å². The van der Waals surface area contributed by atoms with Gasteiger partial charge in [-0.1, -0.05) is 11.3 Å². The first-order valence-electron chi connectivity index (χ1n) is 10.3. The molecular weight excluding hydrogens is 449 g/mol. The van der Waals surface area contributed by atoms with E-state index in [9.17, 15) is 9.18 Å². The van der Waals surface area contributed by atoms with Crippen LogP contribution in [0, 0.1) is 5.82 Å². The smallest absolute Gasteiger partial charge is 0.327 e. The van der Waals surface area contributed by atoms with E-state index in [1.165, 1.54) is 28.4 Å². The second kappa shape index (κ2) is 9.24. The zero-order valence-corrected chi connectivity index (χ0v) is 19.5. The lowest BCUT2D eigenvalue weighted by Crippen LogP contribution is -2.46. The Labute approximate surface area is 194 Å². The van der Waals surface area contributed by atoms with Crippen molar-refractivity contribution in [1.82, 2.24) is 24.8 Å². The van der Waals surface area contributed by atoms with Crippen LogP contribution in [0.25, 0.3) is 10.7 Å². The number of nitrogens with zero attached hydrogens (tertiary/aromatic N) is 6. The van der Waals surface area contributed by atoms with Crippen LogP contribution in [0.2, 0.25) is 0 Å². The van der Waals surface area contributed by atoms with Crippen LogP contribution in [0.1, 0.15) is 24.2 Å². The van der Waals surface area contributed by atoms with Crippen LogP contribution in [0.3, 0.4) is 0 Å². The molecule has 2 N–H and O–H groups in total. The summed E-state index contributed by atoms with van der Waals surface area (Å²) in [5.74, 6) is -0.439. The molecule has 12 heteroatoms. The summed E-state index contributed by atoms with van der Waals surface area (Å²) in [6.07, 6.45) is 1.53. The first kappa shape index (κ1) is 22.8. The maximum absolute atomic E-state index is 14.7. The first-order chi connectivity index (χ1) is 15.7. The van der Waals surface area contributed by atoms with Gasteiger partial charge in [0.15, 0.2) is 22.5 Å². The Kier molecular flexibility index (Phi) is 6.38. The zero-order valence-electron chi connectivity index (χ0n) is 18.6. The Bertz CT molecular complexity index is 1160. The summed E-state index contributed by atoms with van der Waals surface area (Å²) in [5.41, 5.74) is 5.98. The van der Waals surface area contributed by atoms with Gasteiger partial charge in [0, 0.05) is 32.7 Å². The molecule has 3 heterocycles. The normalized spacial score (nSPS) is 18.3. The summed E-state index contributed by atoms with van der Waals surface area (Å²) in [5, 5.41) is 0.371. The molecule has 3 aromatic rings. The minimum absolute atomic E-state index is 0.0170. The molecule has 2 aromatic heterocycles. The summed E-state index contributed by atoms with van der Waals surface area (Å²) in [7, 11) is 3.19. The number of thiazole rings is 1. The predicted octanol–water partition coefficient (Wildman–Crippen LogP) is 2.82. The number of hydrogen-bond acceptors (Lipinski definition) is 10. The van der Waals surface area contributed by atoms with E-state index >= 15 is 0 Å². The molecule has 33 heavy (non-hydrogen) atoms. The van der Waals surface area contributed by atoms with Gasteiger partial charge in [0.25, 0.3) is 5.91 Å². The third-order valence-electron chi connectivity index (χ3n) is 4.84. The first-order valence-corrected chi connectivity index (χ1v) is 11.1. The Hall–Kier alpha value is -3.38. The van der Waals surface area contributed by atoms with Crippen LogP contribution in [0.4, 0.5) is 15.5 Å². The molecule has 0 radical (unpaired) electrons. The molecule has 10 nitrogen and oxygen atoms in total. The van der Waals surface area contributed by atoms with Crippen molar-refractivity contribution in [2.24, 2.45) is 0 Å². The van der Waals surface area contributed by atoms with Crippen molar-refractivity contribution in [2.45, 2.75) is 26.1 Å². The molecule has 1 amide bonds. The lowest BCUT2D eigenvalue weighted by Gasteiger charge is -2.35. The van der Waals surface area contributed by atoms with Gasteiger partial charge >= 0.3 is 6.01 Å². The highest BCUT2D eigenvalue weighted by Crippen LogP contribution is 2.30. The molecule has 174 valence electrons. The number of ether oxygens (including phenoxy) is 2. The fraction of sp³-hybridized carbons (Fsp3) is 0.381. The van der Waals surface area contributed by atoms with Crippen molar-refractivity contribution in [2.75, 3.05) is 37.8 Å². The standard InChI is InChI=1S/C21H24FN7O3S/c1-11-9-29(10-12(2)31-11)20-25-17(16-8-24-19(23)33-16)26-21(27-20)32-15-6-5-13(7-14(15)22)18(30)28(3)4/h5-8,11-12H,9-10H2,1-4H3,(H2,23,24)/t11-,12-/m0/s1. The van der Waals surface area contributed by atoms with Gasteiger partial charge in [-0.15, -0.1) is 0 Å². The van der Waals surface area contributed by atoms with Crippen molar-refractivity contribution in [1.29, 1.82) is 0 Å². The van der Waals surface area contributed by atoms with Gasteiger partial charge in [-0.05, 0) is 32.0 Å². The summed E-state index contributed by atoms with van der Waals surface area (Å²) >= 11 is 1.22. The number of aromatic nitrogens is 4. The van der Waals surface area contributed by atoms with E-state index in [1.807, 2.05) is 18.7 Å². The summed E-state index contributed by atoms with van der Waals surface area (Å²) in [4.78, 5) is 33.4. The van der Waals surface area contributed by atoms with Crippen molar-refractivity contribution in [3.05, 3.63) is 35.8 Å². The van der Waals surface area contributed by atoms with E-state index < -0.39 is 5.82 Å². The highest BCUT2D eigenvalue weighted by atomic mass is 32.1. The maximum atomic E-state index is 14.7. The Morgan fingerprint density at radius 3 is 2.58 bits per heavy atom. The molecule has 1 aromatic carbocycles. The van der Waals surface area contributed by atoms with Crippen molar-refractivity contribution >= 4 is 28.3 Å². The lowest BCUT2D eigenvalue weighted by molar-refractivity contribution is -0.00576. The molecule has 0 spiro atoms. The van der Waals surface area contributed by atoms with Gasteiger partial charge in [-0.3, -0.25) is 4.79 Å². The predicted molar refractivity (Wildman–Crippen MR) is 122 cm³/mol. The van der Waals surface area contributed by atoms with Crippen LogP contribution in [-0.2, 0) is 4.74 Å². The topological polar surface area (TPSA) is 120 Å². The summed E-state index contributed by atoms with van der Waals surface area (Å²) in [6.45, 7) is 5.09. The second-order valence-corrected chi connectivity index (χ2v) is 8.98. The van der Waals surface area contributed by atoms with Gasteiger partial charge in [-0.25, -0.2) is 9.37 Å². The Balaban J connectivity index is 1.69. The van der Waals surface area contributed by atoms with Crippen molar-refractivity contribution in [3.63, 3.8) is 0 Å². The number of morpholine rings is 1. The highest BCUT2D eigenvalue weighted by Gasteiger charge is 2.26. The fourth-order valence-corrected chi connectivity index (χ4v) is 4.07. The molecule has 0 saturated carbocycles. The molecule has 1 aliphatic heterocycles. The average molecular weight is 474 g/mol. The Morgan fingerprint density at radius 2 is 1.97 bits per heavy atom. The van der Waals surface area contributed by atoms with Crippen molar-refractivity contribution < 1.29 is 18.7 Å². The van der Waals surface area contributed by atoms with Gasteiger partial charge in [0.2, 0.25) is 5.95 Å². The number of nitrogen functional groups attached to an aromatic ring is 1. The van der Waals surface area contributed by atoms with Gasteiger partial charge in [-0.2, -0.15) is 15.0 Å². The number of nitrogens with two attached hydrogens (primary N) is 1. The largest absolute Gasteiger partial charge is 0.421 e. The molecule has 1 saturated heterocycles. The van der Waals surface area contributed by atoms with E-state index in [0.717, 1.165) is 6.07 Å². The second-order valence-electron chi connectivity index (χ2n) is 7.91. The number of halogens is 1. The molecular formula is C21H24FN7O3S. The quantitative estimate of drug-likeness (QED) is 0.596. The van der Waals surface area contributed by atoms with Gasteiger partial charge in [0.05, 0.1) is 23.3 Å². The van der Waals surface area contributed by atoms with E-state index in [2.05, 4.69) is 19.9 Å². The zero-order chi connectivity index (χ0) is 23.7. The molecule has 0 bridgehead atoms. The van der Waals surface area contributed by atoms with Crippen LogP contribution >= 0.6 is 11.3 Å². The van der Waals surface area contributed by atoms with Crippen LogP contribution in [0.15, 0.2) is 24.4 Å². The average Bonchev–Trinajstić information content (AvgIpc) is 3.20. The van der Waals surface area contributed by atoms with E-state index in [1.54, 1.807) is 20.3 Å². The number of carbonyl (C=O) groups is 1. The maximum Gasteiger partial charge on any atom is 0.327 e. The minimum Gasteiger partial charge on any atom is -0.421 e. The number of hydrogen-bond donors (Lipinski definition) is 1. The summed E-state index contributed by atoms with van der Waals surface area (Å²) < 4.78 is 26.2. The number of rotatable bonds is 5. The molecule has 0 aliphatic carbocycles.